The Labute approximate surface area is 150 Å². The van der Waals surface area contributed by atoms with Gasteiger partial charge in [-0.15, -0.1) is 12.4 Å². The number of nitrogens with one attached hydrogen (secondary N) is 1. The van der Waals surface area contributed by atoms with Crippen LogP contribution in [0.3, 0.4) is 0 Å². The molecular weight excluding hydrogens is 304 g/mol. The molecule has 0 saturated carbocycles. The molecule has 0 aromatic carbocycles. The average molecular weight is 341 g/mol. The highest BCUT2D eigenvalue weighted by molar-refractivity contribution is 5.99. The lowest BCUT2D eigenvalue weighted by molar-refractivity contribution is 0.586. The maximum atomic E-state index is 4.80. The zero-order chi connectivity index (χ0) is 15.3. The highest BCUT2D eigenvalue weighted by atomic mass is 35.5. The third kappa shape index (κ3) is 9.39. The minimum absolute atomic E-state index is 0. The van der Waals surface area contributed by atoms with Crippen LogP contribution in [0.15, 0.2) is 16.8 Å². The lowest BCUT2D eigenvalue weighted by atomic mass is 9.97. The summed E-state index contributed by atoms with van der Waals surface area (Å²) in [6, 6.07) is 0. The second-order valence-corrected chi connectivity index (χ2v) is 7.08. The number of nitrogens with zero attached hydrogens (tertiary/aromatic N) is 1. The molecule has 1 aliphatic heterocycles. The van der Waals surface area contributed by atoms with Crippen LogP contribution in [0.4, 0.5) is 0 Å². The molecule has 23 heavy (non-hydrogen) atoms. The number of hydrazone groups is 1. The van der Waals surface area contributed by atoms with Crippen LogP contribution in [-0.4, -0.2) is 12.3 Å². The molecule has 2 aliphatic rings. The third-order valence-corrected chi connectivity index (χ3v) is 5.08. The van der Waals surface area contributed by atoms with Gasteiger partial charge in [0, 0.05) is 6.54 Å². The molecule has 0 fully saturated rings. The molecule has 0 spiro atoms. The maximum absolute atomic E-state index is 4.80. The predicted molar refractivity (Wildman–Crippen MR) is 105 cm³/mol. The quantitative estimate of drug-likeness (QED) is 0.575. The Morgan fingerprint density at radius 3 is 1.96 bits per heavy atom. The highest BCUT2D eigenvalue weighted by Crippen LogP contribution is 2.20. The largest absolute Gasteiger partial charge is 0.310 e. The summed E-state index contributed by atoms with van der Waals surface area (Å²) in [4.78, 5) is 0. The van der Waals surface area contributed by atoms with E-state index < -0.39 is 0 Å². The molecule has 0 aromatic rings. The molecule has 0 amide bonds. The number of rotatable bonds is 1. The van der Waals surface area contributed by atoms with Crippen LogP contribution in [0.25, 0.3) is 0 Å². The van der Waals surface area contributed by atoms with Gasteiger partial charge in [0.2, 0.25) is 0 Å². The van der Waals surface area contributed by atoms with Crippen molar-refractivity contribution < 1.29 is 0 Å². The average Bonchev–Trinajstić information content (AvgIpc) is 2.64. The SMILES string of the molecule is C1=C(/C2=N\NCCCCCCCC2)CCCCCCCCC/1.Cl. The van der Waals surface area contributed by atoms with E-state index in [1.54, 1.807) is 5.57 Å². The smallest absolute Gasteiger partial charge is 0.0631 e. The fraction of sp³-hybridized carbons (Fsp3) is 0.850. The summed E-state index contributed by atoms with van der Waals surface area (Å²) in [7, 11) is 0. The number of allylic oxidation sites excluding steroid dienone is 2. The van der Waals surface area contributed by atoms with E-state index in [4.69, 9.17) is 5.10 Å². The van der Waals surface area contributed by atoms with Crippen molar-refractivity contribution in [1.82, 2.24) is 5.43 Å². The van der Waals surface area contributed by atoms with Gasteiger partial charge in [0.05, 0.1) is 5.71 Å². The molecule has 134 valence electrons. The first kappa shape index (κ1) is 20.5. The van der Waals surface area contributed by atoms with Gasteiger partial charge in [-0.05, 0) is 50.5 Å². The van der Waals surface area contributed by atoms with Gasteiger partial charge >= 0.3 is 0 Å². The lowest BCUT2D eigenvalue weighted by Gasteiger charge is -2.12. The summed E-state index contributed by atoms with van der Waals surface area (Å²) in [5, 5.41) is 4.80. The van der Waals surface area contributed by atoms with Crippen molar-refractivity contribution >= 4 is 18.1 Å². The van der Waals surface area contributed by atoms with Crippen LogP contribution in [0.2, 0.25) is 0 Å². The van der Waals surface area contributed by atoms with E-state index >= 15 is 0 Å². The first-order chi connectivity index (χ1) is 11.0. The van der Waals surface area contributed by atoms with E-state index in [-0.39, 0.29) is 12.4 Å². The Morgan fingerprint density at radius 2 is 1.22 bits per heavy atom. The summed E-state index contributed by atoms with van der Waals surface area (Å²) in [5.74, 6) is 0. The topological polar surface area (TPSA) is 24.4 Å². The minimum Gasteiger partial charge on any atom is -0.310 e. The second kappa shape index (κ2) is 13.9. The lowest BCUT2D eigenvalue weighted by Crippen LogP contribution is -2.14. The first-order valence-corrected chi connectivity index (χ1v) is 9.95. The first-order valence-electron chi connectivity index (χ1n) is 9.95. The van der Waals surface area contributed by atoms with Crippen molar-refractivity contribution in [3.05, 3.63) is 11.6 Å². The Morgan fingerprint density at radius 1 is 0.652 bits per heavy atom. The van der Waals surface area contributed by atoms with Crippen LogP contribution in [-0.2, 0) is 0 Å². The second-order valence-electron chi connectivity index (χ2n) is 7.08. The fourth-order valence-corrected chi connectivity index (χ4v) is 3.63. The molecule has 2 rings (SSSR count). The molecule has 0 saturated heterocycles. The number of hydrogen-bond acceptors (Lipinski definition) is 2. The van der Waals surface area contributed by atoms with E-state index in [2.05, 4.69) is 11.5 Å². The fourth-order valence-electron chi connectivity index (χ4n) is 3.63. The van der Waals surface area contributed by atoms with Crippen molar-refractivity contribution in [2.75, 3.05) is 6.54 Å². The number of hydrogen-bond donors (Lipinski definition) is 1. The van der Waals surface area contributed by atoms with E-state index in [0.717, 1.165) is 6.54 Å². The van der Waals surface area contributed by atoms with E-state index in [0.29, 0.717) is 0 Å². The Kier molecular flexibility index (Phi) is 12.4. The van der Waals surface area contributed by atoms with Gasteiger partial charge in [-0.3, -0.25) is 0 Å². The summed E-state index contributed by atoms with van der Waals surface area (Å²) < 4.78 is 0. The van der Waals surface area contributed by atoms with Gasteiger partial charge in [0.1, 0.15) is 0 Å². The van der Waals surface area contributed by atoms with E-state index in [1.165, 1.54) is 108 Å². The molecule has 1 N–H and O–H groups in total. The van der Waals surface area contributed by atoms with Crippen LogP contribution in [0, 0.1) is 0 Å². The monoisotopic (exact) mass is 340 g/mol. The van der Waals surface area contributed by atoms with Crippen LogP contribution in [0.1, 0.15) is 103 Å². The van der Waals surface area contributed by atoms with Gasteiger partial charge in [-0.25, -0.2) is 0 Å². The zero-order valence-electron chi connectivity index (χ0n) is 15.0. The minimum atomic E-state index is 0. The third-order valence-electron chi connectivity index (χ3n) is 5.08. The van der Waals surface area contributed by atoms with E-state index in [9.17, 15) is 0 Å². The van der Waals surface area contributed by atoms with Crippen LogP contribution >= 0.6 is 12.4 Å². The van der Waals surface area contributed by atoms with E-state index in [1.807, 2.05) is 0 Å². The summed E-state index contributed by atoms with van der Waals surface area (Å²) in [5.41, 5.74) is 6.29. The zero-order valence-corrected chi connectivity index (χ0v) is 15.8. The predicted octanol–water partition coefficient (Wildman–Crippen LogP) is 6.55. The van der Waals surface area contributed by atoms with Crippen molar-refractivity contribution in [3.8, 4) is 0 Å². The van der Waals surface area contributed by atoms with Crippen molar-refractivity contribution in [1.29, 1.82) is 0 Å². The Hall–Kier alpha value is -0.500. The summed E-state index contributed by atoms with van der Waals surface area (Å²) in [6.07, 6.45) is 24.2. The molecule has 1 heterocycles. The Bertz CT molecular complexity index is 316. The standard InChI is InChI=1S/C20H36N2.ClH/c1-2-4-8-12-16-19(15-11-7-3-1)20-17-13-9-5-6-10-14-18-21-22-20;/h15,21H,1-14,16-18H2;1H/b19-15+,22-20-;. The summed E-state index contributed by atoms with van der Waals surface area (Å²) >= 11 is 0. The van der Waals surface area contributed by atoms with Crippen molar-refractivity contribution in [2.45, 2.75) is 103 Å². The van der Waals surface area contributed by atoms with Gasteiger partial charge in [-0.2, -0.15) is 5.10 Å². The van der Waals surface area contributed by atoms with Crippen LogP contribution < -0.4 is 5.43 Å². The molecular formula is C20H37ClN2. The Balaban J connectivity index is 0.00000264. The molecule has 0 bridgehead atoms. The molecule has 0 atom stereocenters. The van der Waals surface area contributed by atoms with Gasteiger partial charge < -0.3 is 5.43 Å². The number of halogens is 1. The summed E-state index contributed by atoms with van der Waals surface area (Å²) in [6.45, 7) is 1.05. The molecule has 3 heteroatoms. The molecule has 0 radical (unpaired) electrons. The van der Waals surface area contributed by atoms with Gasteiger partial charge in [0.15, 0.2) is 0 Å². The molecule has 1 aliphatic carbocycles. The molecule has 0 unspecified atom stereocenters. The van der Waals surface area contributed by atoms with Gasteiger partial charge in [0.25, 0.3) is 0 Å². The molecule has 2 nitrogen and oxygen atoms in total. The maximum Gasteiger partial charge on any atom is 0.0631 e. The highest BCUT2D eigenvalue weighted by Gasteiger charge is 2.09. The van der Waals surface area contributed by atoms with Crippen LogP contribution in [0.5, 0.6) is 0 Å². The van der Waals surface area contributed by atoms with Crippen molar-refractivity contribution in [3.63, 3.8) is 0 Å². The van der Waals surface area contributed by atoms with Crippen molar-refractivity contribution in [2.24, 2.45) is 5.10 Å². The molecule has 0 aromatic heterocycles. The normalized spacial score (nSPS) is 27.5. The van der Waals surface area contributed by atoms with Gasteiger partial charge in [-0.1, -0.05) is 63.9 Å².